The van der Waals surface area contributed by atoms with Crippen LogP contribution in [0.3, 0.4) is 0 Å². The van der Waals surface area contributed by atoms with E-state index in [1.807, 2.05) is 13.8 Å². The summed E-state index contributed by atoms with van der Waals surface area (Å²) in [5.74, 6) is -5.99. The first kappa shape index (κ1) is 59.1. The highest BCUT2D eigenvalue weighted by Gasteiger charge is 2.35. The van der Waals surface area contributed by atoms with Crippen molar-refractivity contribution in [3.8, 4) is 0 Å². The molecule has 1 aromatic carbocycles. The van der Waals surface area contributed by atoms with Gasteiger partial charge in [-0.2, -0.15) is 0 Å². The van der Waals surface area contributed by atoms with E-state index in [2.05, 4.69) is 53.2 Å². The SMILES string of the molecule is CNCCC1NC(=O)C(CC(C)C)NC(=O)C(Cc2ccccc2)NC(=O)C(CCNC(=O)OC(C)(C)C)NC(=O)C(N)CCNC(=O)C(C(C)O)NC(=O)C(CCNC(=O)OC(C)(C)C)NC1=O. The molecule has 0 radical (unpaired) electrons. The number of hydrogen-bond acceptors (Lipinski definition) is 14. The lowest BCUT2D eigenvalue weighted by atomic mass is 10.00. The molecule has 13 N–H and O–H groups in total. The van der Waals surface area contributed by atoms with Crippen LogP contribution in [0.25, 0.3) is 0 Å². The molecule has 69 heavy (non-hydrogen) atoms. The van der Waals surface area contributed by atoms with Crippen molar-refractivity contribution >= 4 is 53.5 Å². The van der Waals surface area contributed by atoms with Crippen LogP contribution in [0.5, 0.6) is 0 Å². The summed E-state index contributed by atoms with van der Waals surface area (Å²) in [7, 11) is 1.63. The molecule has 23 nitrogen and oxygen atoms in total. The van der Waals surface area contributed by atoms with Crippen molar-refractivity contribution in [2.24, 2.45) is 11.7 Å². The van der Waals surface area contributed by atoms with E-state index in [0.29, 0.717) is 5.56 Å². The molecular weight excluding hydrogens is 899 g/mol. The van der Waals surface area contributed by atoms with Gasteiger partial charge in [-0.3, -0.25) is 33.6 Å². The van der Waals surface area contributed by atoms with Gasteiger partial charge in [-0.05, 0) is 106 Å². The fourth-order valence-corrected chi connectivity index (χ4v) is 6.74. The van der Waals surface area contributed by atoms with Crippen LogP contribution < -0.4 is 58.9 Å². The molecule has 1 saturated heterocycles. The minimum atomic E-state index is -1.59. The first-order chi connectivity index (χ1) is 32.2. The van der Waals surface area contributed by atoms with E-state index >= 15 is 0 Å². The zero-order valence-corrected chi connectivity index (χ0v) is 41.7. The van der Waals surface area contributed by atoms with E-state index in [-0.39, 0.29) is 70.6 Å². The quantitative estimate of drug-likeness (QED) is 0.105. The lowest BCUT2D eigenvalue weighted by Crippen LogP contribution is -2.61. The molecule has 0 aliphatic carbocycles. The maximum absolute atomic E-state index is 14.4. The second-order valence-electron chi connectivity index (χ2n) is 19.4. The molecule has 1 aliphatic rings. The van der Waals surface area contributed by atoms with E-state index in [1.54, 1.807) is 78.9 Å². The van der Waals surface area contributed by atoms with Crippen LogP contribution in [0.15, 0.2) is 30.3 Å². The smallest absolute Gasteiger partial charge is 0.407 e. The maximum atomic E-state index is 14.4. The van der Waals surface area contributed by atoms with Crippen molar-refractivity contribution in [3.05, 3.63) is 35.9 Å². The van der Waals surface area contributed by atoms with Gasteiger partial charge in [0.1, 0.15) is 47.5 Å². The second-order valence-corrected chi connectivity index (χ2v) is 19.4. The van der Waals surface area contributed by atoms with E-state index in [1.165, 1.54) is 6.92 Å². The number of benzene rings is 1. The van der Waals surface area contributed by atoms with Crippen molar-refractivity contribution in [1.29, 1.82) is 0 Å². The zero-order valence-electron chi connectivity index (χ0n) is 41.7. The van der Waals surface area contributed by atoms with Gasteiger partial charge in [0.25, 0.3) is 0 Å². The topological polar surface area (TPSA) is 339 Å². The molecule has 0 bridgehead atoms. The lowest BCUT2D eigenvalue weighted by Gasteiger charge is -2.28. The van der Waals surface area contributed by atoms with Crippen LogP contribution in [0.2, 0.25) is 0 Å². The van der Waals surface area contributed by atoms with E-state index in [9.17, 15) is 48.3 Å². The largest absolute Gasteiger partial charge is 0.444 e. The number of rotatable bonds is 14. The highest BCUT2D eigenvalue weighted by atomic mass is 16.6. The third-order valence-electron chi connectivity index (χ3n) is 10.2. The summed E-state index contributed by atoms with van der Waals surface area (Å²) in [4.78, 5) is 123. The Balaban J connectivity index is 2.67. The monoisotopic (exact) mass is 976 g/mol. The van der Waals surface area contributed by atoms with E-state index in [0.717, 1.165) is 0 Å². The highest BCUT2D eigenvalue weighted by Crippen LogP contribution is 2.12. The Morgan fingerprint density at radius 3 is 1.52 bits per heavy atom. The minimum Gasteiger partial charge on any atom is -0.444 e. The summed E-state index contributed by atoms with van der Waals surface area (Å²) in [5.41, 5.74) is 5.20. The van der Waals surface area contributed by atoms with Crippen molar-refractivity contribution < 1.29 is 57.7 Å². The minimum absolute atomic E-state index is 0.00431. The molecule has 1 aromatic rings. The summed E-state index contributed by atoms with van der Waals surface area (Å²) >= 11 is 0. The Morgan fingerprint density at radius 2 is 1.06 bits per heavy atom. The normalized spacial score (nSPS) is 23.7. The van der Waals surface area contributed by atoms with Gasteiger partial charge in [-0.1, -0.05) is 44.2 Å². The highest BCUT2D eigenvalue weighted by molar-refractivity contribution is 5.97. The average molecular weight is 976 g/mol. The molecule has 0 spiro atoms. The summed E-state index contributed by atoms with van der Waals surface area (Å²) in [6.45, 7) is 14.5. The van der Waals surface area contributed by atoms with Crippen LogP contribution in [-0.2, 0) is 49.5 Å². The van der Waals surface area contributed by atoms with Crippen LogP contribution in [0.1, 0.15) is 100.0 Å². The van der Waals surface area contributed by atoms with Crippen LogP contribution in [0, 0.1) is 5.92 Å². The van der Waals surface area contributed by atoms with Crippen molar-refractivity contribution in [2.45, 2.75) is 160 Å². The third kappa shape index (κ3) is 23.2. The predicted molar refractivity (Wildman–Crippen MR) is 255 cm³/mol. The van der Waals surface area contributed by atoms with E-state index < -0.39 is 113 Å². The number of ether oxygens (including phenoxy) is 2. The van der Waals surface area contributed by atoms with Gasteiger partial charge in [0.05, 0.1) is 12.1 Å². The molecule has 23 heteroatoms. The van der Waals surface area contributed by atoms with Gasteiger partial charge in [0.15, 0.2) is 0 Å². The van der Waals surface area contributed by atoms with Gasteiger partial charge in [-0.15, -0.1) is 0 Å². The van der Waals surface area contributed by atoms with Crippen LogP contribution >= 0.6 is 0 Å². The maximum Gasteiger partial charge on any atom is 0.407 e. The number of carbonyl (C=O) groups excluding carboxylic acids is 9. The number of nitrogens with one attached hydrogen (secondary N) is 10. The number of alkyl carbamates (subject to hydrolysis) is 2. The number of amides is 9. The lowest BCUT2D eigenvalue weighted by molar-refractivity contribution is -0.136. The number of nitrogens with two attached hydrogens (primary N) is 1. The fourth-order valence-electron chi connectivity index (χ4n) is 6.74. The number of aliphatic hydroxyl groups is 1. The molecule has 2 rings (SSSR count). The Bertz CT molecular complexity index is 1890. The molecule has 1 fully saturated rings. The molecule has 8 atom stereocenters. The van der Waals surface area contributed by atoms with Crippen LogP contribution in [0.4, 0.5) is 9.59 Å². The second kappa shape index (κ2) is 28.4. The fraction of sp³-hybridized carbons (Fsp3) is 0.674. The van der Waals surface area contributed by atoms with Gasteiger partial charge in [-0.25, -0.2) is 9.59 Å². The predicted octanol–water partition coefficient (Wildman–Crippen LogP) is -1.15. The Labute approximate surface area is 404 Å². The number of carbonyl (C=O) groups is 9. The summed E-state index contributed by atoms with van der Waals surface area (Å²) in [5, 5.41) is 37.0. The van der Waals surface area contributed by atoms with Gasteiger partial charge in [0, 0.05) is 26.1 Å². The summed E-state index contributed by atoms with van der Waals surface area (Å²) < 4.78 is 10.6. The summed E-state index contributed by atoms with van der Waals surface area (Å²) in [6, 6.07) is -0.914. The Morgan fingerprint density at radius 1 is 0.638 bits per heavy atom. The summed E-state index contributed by atoms with van der Waals surface area (Å²) in [6.07, 6.45) is -3.65. The molecule has 0 saturated carbocycles. The molecular formula is C46H77N11O12. The molecule has 8 unspecified atom stereocenters. The average Bonchev–Trinajstić information content (AvgIpc) is 3.23. The van der Waals surface area contributed by atoms with Gasteiger partial charge in [0.2, 0.25) is 41.4 Å². The molecule has 9 amide bonds. The third-order valence-corrected chi connectivity index (χ3v) is 10.2. The Kier molecular flexibility index (Phi) is 24.3. The van der Waals surface area contributed by atoms with E-state index in [4.69, 9.17) is 15.2 Å². The van der Waals surface area contributed by atoms with Gasteiger partial charge < -0.3 is 73.5 Å². The first-order valence-electron chi connectivity index (χ1n) is 23.3. The number of hydrogen-bond donors (Lipinski definition) is 12. The van der Waals surface area contributed by atoms with Crippen LogP contribution in [-0.4, -0.2) is 151 Å². The standard InChI is InChI=1S/C46H77N11O12/c1-26(2)24-33-40(63)54-30(17-20-48-10)37(60)53-32(19-23-51-44(67)69-46(7,8)9)39(62)57-35(27(3)58)42(65)49-21-16-29(47)36(59)52-31(18-22-50-43(66)68-45(4,5)6)38(61)56-34(41(64)55-33)25-28-14-12-11-13-15-28/h11-15,26-27,29-35,48,58H,16-25,47H2,1-10H3,(H,49,65)(H,50,66)(H,51,67)(H,52,59)(H,53,60)(H,54,63)(H,55,64)(H,56,61)(H,57,62). The Hall–Kier alpha value is -6.07. The molecule has 1 heterocycles. The van der Waals surface area contributed by atoms with Gasteiger partial charge >= 0.3 is 12.2 Å². The van der Waals surface area contributed by atoms with Crippen molar-refractivity contribution in [1.82, 2.24) is 53.2 Å². The molecule has 1 aliphatic heterocycles. The zero-order chi connectivity index (χ0) is 52.1. The molecule has 0 aromatic heterocycles. The van der Waals surface area contributed by atoms with Crippen molar-refractivity contribution in [2.75, 3.05) is 33.2 Å². The first-order valence-corrected chi connectivity index (χ1v) is 23.3. The molecule has 388 valence electrons. The van der Waals surface area contributed by atoms with Crippen molar-refractivity contribution in [3.63, 3.8) is 0 Å². The number of aliphatic hydroxyl groups excluding tert-OH is 1.